The largest absolute Gasteiger partial charge is 0.309 e. The quantitative estimate of drug-likeness (QED) is 0.127. The molecule has 2 heteroatoms. The fourth-order valence-corrected chi connectivity index (χ4v) is 8.25. The van der Waals surface area contributed by atoms with Gasteiger partial charge in [-0.3, -0.25) is 0 Å². The summed E-state index contributed by atoms with van der Waals surface area (Å²) in [7, 11) is 0. The van der Waals surface area contributed by atoms with Gasteiger partial charge in [0, 0.05) is 16.5 Å². The summed E-state index contributed by atoms with van der Waals surface area (Å²) in [6.07, 6.45) is 0. The van der Waals surface area contributed by atoms with Crippen LogP contribution in [0.15, 0.2) is 194 Å². The molecule has 1 heterocycles. The summed E-state index contributed by atoms with van der Waals surface area (Å²) in [4.78, 5) is 4.05. The van der Waals surface area contributed by atoms with Gasteiger partial charge in [0.15, 0.2) is 5.69 Å². The van der Waals surface area contributed by atoms with E-state index >= 15 is 0 Å². The van der Waals surface area contributed by atoms with Gasteiger partial charge in [-0.25, -0.2) is 4.85 Å². The molecule has 0 radical (unpaired) electrons. The summed E-state index contributed by atoms with van der Waals surface area (Å²) >= 11 is 0. The van der Waals surface area contributed by atoms with Crippen molar-refractivity contribution in [1.29, 1.82) is 0 Å². The predicted octanol–water partition coefficient (Wildman–Crippen LogP) is 14.3. The lowest BCUT2D eigenvalue weighted by Gasteiger charge is -2.18. The summed E-state index contributed by atoms with van der Waals surface area (Å²) in [5.41, 5.74) is 13.0. The predicted molar refractivity (Wildman–Crippen MR) is 224 cm³/mol. The van der Waals surface area contributed by atoms with Crippen molar-refractivity contribution < 1.29 is 0 Å². The van der Waals surface area contributed by atoms with Crippen molar-refractivity contribution in [2.24, 2.45) is 0 Å². The van der Waals surface area contributed by atoms with E-state index in [0.717, 1.165) is 33.5 Å². The van der Waals surface area contributed by atoms with Gasteiger partial charge in [-0.05, 0) is 102 Å². The maximum atomic E-state index is 8.24. The lowest BCUT2D eigenvalue weighted by atomic mass is 9.85. The van der Waals surface area contributed by atoms with Gasteiger partial charge in [0.1, 0.15) is 0 Å². The Labute approximate surface area is 308 Å². The van der Waals surface area contributed by atoms with Crippen molar-refractivity contribution in [1.82, 2.24) is 4.57 Å². The molecule has 0 atom stereocenters. The van der Waals surface area contributed by atoms with Crippen LogP contribution < -0.4 is 0 Å². The van der Waals surface area contributed by atoms with Gasteiger partial charge in [-0.2, -0.15) is 0 Å². The highest BCUT2D eigenvalue weighted by molar-refractivity contribution is 6.21. The van der Waals surface area contributed by atoms with E-state index in [4.69, 9.17) is 6.57 Å². The third-order valence-electron chi connectivity index (χ3n) is 10.6. The molecule has 10 rings (SSSR count). The Hall–Kier alpha value is -7.21. The number of nitrogens with zero attached hydrogens (tertiary/aromatic N) is 2. The standard InChI is InChI=1S/C51H32N2/c1-52-47-33-36(34-26-29-39(30-27-34)53-48-24-11-9-18-41(48)42-19-10-12-25-49(42)53)28-31-40(47)37-16-13-17-38(32-37)51-45-22-7-5-20-43(45)50(35-14-3-2-4-15-35)44-21-6-8-23-46(44)51/h2-33H. The number of para-hydroxylation sites is 2. The van der Waals surface area contributed by atoms with Crippen molar-refractivity contribution in [3.8, 4) is 50.2 Å². The van der Waals surface area contributed by atoms with Gasteiger partial charge in [0.05, 0.1) is 17.6 Å². The average Bonchev–Trinajstić information content (AvgIpc) is 3.57. The lowest BCUT2D eigenvalue weighted by molar-refractivity contribution is 1.18. The molecule has 10 aromatic rings. The zero-order valence-corrected chi connectivity index (χ0v) is 28.9. The Bertz CT molecular complexity index is 2940. The number of fused-ring (bicyclic) bond motifs is 5. The minimum Gasteiger partial charge on any atom is -0.309 e. The molecule has 53 heavy (non-hydrogen) atoms. The van der Waals surface area contributed by atoms with Crippen LogP contribution in [0.25, 0.3) is 98.4 Å². The van der Waals surface area contributed by atoms with Gasteiger partial charge in [0.2, 0.25) is 0 Å². The van der Waals surface area contributed by atoms with Crippen molar-refractivity contribution in [3.63, 3.8) is 0 Å². The molecule has 0 spiro atoms. The SMILES string of the molecule is [C-]#[N+]c1cc(-c2ccc(-n3c4ccccc4c4ccccc43)cc2)ccc1-c1cccc(-c2c3ccccc3c(-c3ccccc3)c3ccccc23)c1. The van der Waals surface area contributed by atoms with E-state index in [0.29, 0.717) is 5.69 Å². The van der Waals surface area contributed by atoms with Crippen LogP contribution in [0.4, 0.5) is 5.69 Å². The Morgan fingerprint density at radius 1 is 0.340 bits per heavy atom. The van der Waals surface area contributed by atoms with Gasteiger partial charge < -0.3 is 4.57 Å². The van der Waals surface area contributed by atoms with E-state index in [9.17, 15) is 0 Å². The van der Waals surface area contributed by atoms with Crippen LogP contribution in [0.2, 0.25) is 0 Å². The second-order valence-corrected chi connectivity index (χ2v) is 13.5. The number of rotatable bonds is 5. The molecule has 2 nitrogen and oxygen atoms in total. The van der Waals surface area contributed by atoms with Gasteiger partial charge >= 0.3 is 0 Å². The first-order chi connectivity index (χ1) is 26.3. The van der Waals surface area contributed by atoms with E-state index in [2.05, 4.69) is 197 Å². The van der Waals surface area contributed by atoms with Gasteiger partial charge in [-0.1, -0.05) is 158 Å². The third-order valence-corrected chi connectivity index (χ3v) is 10.6. The third kappa shape index (κ3) is 5.02. The number of benzene rings is 9. The van der Waals surface area contributed by atoms with Crippen molar-refractivity contribution in [2.75, 3.05) is 0 Å². The minimum absolute atomic E-state index is 0.639. The van der Waals surface area contributed by atoms with Crippen LogP contribution in [0.1, 0.15) is 0 Å². The molecule has 1 aromatic heterocycles. The molecule has 0 saturated carbocycles. The van der Waals surface area contributed by atoms with Crippen molar-refractivity contribution >= 4 is 49.0 Å². The van der Waals surface area contributed by atoms with E-state index in [1.807, 2.05) is 6.07 Å². The van der Waals surface area contributed by atoms with Crippen LogP contribution in [0, 0.1) is 6.57 Å². The van der Waals surface area contributed by atoms with Gasteiger partial charge in [-0.15, -0.1) is 0 Å². The molecule has 0 aliphatic rings. The molecule has 9 aromatic carbocycles. The Kier molecular flexibility index (Phi) is 7.23. The van der Waals surface area contributed by atoms with Crippen LogP contribution in [-0.4, -0.2) is 4.57 Å². The molecular formula is C51H32N2. The molecule has 0 amide bonds. The van der Waals surface area contributed by atoms with Crippen molar-refractivity contribution in [2.45, 2.75) is 0 Å². The molecular weight excluding hydrogens is 641 g/mol. The molecule has 0 aliphatic carbocycles. The molecule has 0 unspecified atom stereocenters. The summed E-state index contributed by atoms with van der Waals surface area (Å²) in [5.74, 6) is 0. The van der Waals surface area contributed by atoms with E-state index in [1.54, 1.807) is 0 Å². The second-order valence-electron chi connectivity index (χ2n) is 13.5. The van der Waals surface area contributed by atoms with E-state index < -0.39 is 0 Å². The van der Waals surface area contributed by atoms with Crippen LogP contribution in [0.3, 0.4) is 0 Å². The highest BCUT2D eigenvalue weighted by Crippen LogP contribution is 2.45. The molecule has 0 bridgehead atoms. The van der Waals surface area contributed by atoms with Crippen LogP contribution in [0.5, 0.6) is 0 Å². The van der Waals surface area contributed by atoms with Gasteiger partial charge in [0.25, 0.3) is 0 Å². The Morgan fingerprint density at radius 3 is 1.40 bits per heavy atom. The second kappa shape index (κ2) is 12.5. The first-order valence-corrected chi connectivity index (χ1v) is 18.0. The Morgan fingerprint density at radius 2 is 0.811 bits per heavy atom. The first-order valence-electron chi connectivity index (χ1n) is 18.0. The Balaban J connectivity index is 1.05. The summed E-state index contributed by atoms with van der Waals surface area (Å²) in [5, 5.41) is 7.39. The summed E-state index contributed by atoms with van der Waals surface area (Å²) in [6, 6.07) is 69.0. The molecule has 0 aliphatic heterocycles. The minimum atomic E-state index is 0.639. The maximum Gasteiger partial charge on any atom is 0.195 e. The topological polar surface area (TPSA) is 9.29 Å². The first kappa shape index (κ1) is 30.6. The highest BCUT2D eigenvalue weighted by Gasteiger charge is 2.18. The molecule has 0 fully saturated rings. The zero-order valence-electron chi connectivity index (χ0n) is 28.9. The van der Waals surface area contributed by atoms with Crippen molar-refractivity contribution in [3.05, 3.63) is 206 Å². The molecule has 0 N–H and O–H groups in total. The maximum absolute atomic E-state index is 8.24. The number of hydrogen-bond acceptors (Lipinski definition) is 0. The fraction of sp³-hybridized carbons (Fsp3) is 0. The monoisotopic (exact) mass is 672 g/mol. The lowest BCUT2D eigenvalue weighted by Crippen LogP contribution is -1.93. The van der Waals surface area contributed by atoms with Crippen LogP contribution in [-0.2, 0) is 0 Å². The summed E-state index contributed by atoms with van der Waals surface area (Å²) < 4.78 is 2.33. The van der Waals surface area contributed by atoms with Crippen LogP contribution >= 0.6 is 0 Å². The number of aromatic nitrogens is 1. The number of hydrogen-bond donors (Lipinski definition) is 0. The normalized spacial score (nSPS) is 11.4. The van der Waals surface area contributed by atoms with E-state index in [-0.39, 0.29) is 0 Å². The smallest absolute Gasteiger partial charge is 0.195 e. The molecule has 246 valence electrons. The fourth-order valence-electron chi connectivity index (χ4n) is 8.25. The highest BCUT2D eigenvalue weighted by atomic mass is 15.0. The average molecular weight is 673 g/mol. The molecule has 0 saturated heterocycles. The summed E-state index contributed by atoms with van der Waals surface area (Å²) in [6.45, 7) is 8.24. The zero-order chi connectivity index (χ0) is 35.3. The van der Waals surface area contributed by atoms with E-state index in [1.165, 1.54) is 60.0 Å².